The van der Waals surface area contributed by atoms with Crippen molar-refractivity contribution in [1.29, 1.82) is 0 Å². The molecule has 0 spiro atoms. The number of rotatable bonds is 7. The maximum atomic E-state index is 14.2. The molecule has 5 heteroatoms. The summed E-state index contributed by atoms with van der Waals surface area (Å²) in [6.07, 6.45) is 5.53. The fraction of sp³-hybridized carbons (Fsp3) is 0.526. The Bertz CT molecular complexity index is 555. The smallest absolute Gasteiger partial charge is 0.330 e. The fourth-order valence-electron chi connectivity index (χ4n) is 3.01. The zero-order valence-electron chi connectivity index (χ0n) is 14.0. The van der Waals surface area contributed by atoms with Gasteiger partial charge in [0.05, 0.1) is 13.2 Å². The minimum Gasteiger partial charge on any atom is -0.487 e. The maximum absolute atomic E-state index is 14.2. The molecular weight excluding hydrogens is 314 g/mol. The highest BCUT2D eigenvalue weighted by Gasteiger charge is 2.22. The number of carbonyl (C=O) groups excluding carboxylic acids is 1. The minimum atomic E-state index is -0.674. The van der Waals surface area contributed by atoms with Crippen LogP contribution in [0.4, 0.5) is 8.78 Å². The molecule has 1 aromatic carbocycles. The van der Waals surface area contributed by atoms with Crippen LogP contribution in [0.3, 0.4) is 0 Å². The van der Waals surface area contributed by atoms with Crippen LogP contribution < -0.4 is 4.74 Å². The van der Waals surface area contributed by atoms with Gasteiger partial charge in [-0.3, -0.25) is 0 Å². The molecule has 132 valence electrons. The lowest BCUT2D eigenvalue weighted by atomic mass is 9.79. The summed E-state index contributed by atoms with van der Waals surface area (Å²) in [6.45, 7) is 5.67. The predicted octanol–water partition coefficient (Wildman–Crippen LogP) is 4.76. The lowest BCUT2D eigenvalue weighted by Crippen LogP contribution is -2.12. The first-order chi connectivity index (χ1) is 11.5. The first-order valence-corrected chi connectivity index (χ1v) is 8.42. The van der Waals surface area contributed by atoms with Crippen molar-refractivity contribution < 1.29 is 23.0 Å². The Morgan fingerprint density at radius 1 is 1.21 bits per heavy atom. The molecule has 2 rings (SSSR count). The largest absolute Gasteiger partial charge is 0.487 e. The number of esters is 1. The van der Waals surface area contributed by atoms with Crippen molar-refractivity contribution in [3.05, 3.63) is 42.0 Å². The first-order valence-electron chi connectivity index (χ1n) is 8.42. The third kappa shape index (κ3) is 5.05. The Morgan fingerprint density at radius 2 is 1.83 bits per heavy atom. The van der Waals surface area contributed by atoms with Gasteiger partial charge >= 0.3 is 5.97 Å². The maximum Gasteiger partial charge on any atom is 0.330 e. The van der Waals surface area contributed by atoms with Crippen molar-refractivity contribution in [3.63, 3.8) is 0 Å². The van der Waals surface area contributed by atoms with E-state index in [0.717, 1.165) is 31.8 Å². The zero-order valence-corrected chi connectivity index (χ0v) is 14.0. The molecule has 1 aliphatic rings. The van der Waals surface area contributed by atoms with Crippen LogP contribution in [-0.4, -0.2) is 19.2 Å². The molecule has 0 atom stereocenters. The standard InChI is InChI=1S/C19H24F2O3/c1-3-18(22)23-9-4-10-24-19-16(20)11-15(12-17(19)21)14-7-5-13(2)6-8-14/h3,11-14H,1,4-10H2,2H3. The number of hydrogen-bond donors (Lipinski definition) is 0. The summed E-state index contributed by atoms with van der Waals surface area (Å²) >= 11 is 0. The molecule has 1 aromatic rings. The molecule has 0 bridgehead atoms. The van der Waals surface area contributed by atoms with E-state index in [1.165, 1.54) is 12.1 Å². The molecular formula is C19H24F2O3. The second-order valence-electron chi connectivity index (χ2n) is 6.34. The Morgan fingerprint density at radius 3 is 2.42 bits per heavy atom. The second kappa shape index (κ2) is 8.81. The zero-order chi connectivity index (χ0) is 17.5. The average molecular weight is 338 g/mol. The van der Waals surface area contributed by atoms with Crippen LogP contribution in [0.2, 0.25) is 0 Å². The van der Waals surface area contributed by atoms with Gasteiger partial charge in [-0.05, 0) is 42.4 Å². The van der Waals surface area contributed by atoms with Crippen LogP contribution in [-0.2, 0) is 9.53 Å². The van der Waals surface area contributed by atoms with Gasteiger partial charge in [0.2, 0.25) is 0 Å². The third-order valence-electron chi connectivity index (χ3n) is 4.45. The van der Waals surface area contributed by atoms with Crippen molar-refractivity contribution in [2.45, 2.75) is 44.9 Å². The van der Waals surface area contributed by atoms with Crippen molar-refractivity contribution in [2.24, 2.45) is 5.92 Å². The fourth-order valence-corrected chi connectivity index (χ4v) is 3.01. The van der Waals surface area contributed by atoms with E-state index in [1.807, 2.05) is 0 Å². The number of ether oxygens (including phenoxy) is 2. The molecule has 0 unspecified atom stereocenters. The third-order valence-corrected chi connectivity index (χ3v) is 4.45. The van der Waals surface area contributed by atoms with Gasteiger partial charge in [-0.1, -0.05) is 26.3 Å². The summed E-state index contributed by atoms with van der Waals surface area (Å²) < 4.78 is 38.3. The van der Waals surface area contributed by atoms with Crippen LogP contribution in [0.15, 0.2) is 24.8 Å². The molecule has 0 N–H and O–H groups in total. The van der Waals surface area contributed by atoms with Crippen LogP contribution >= 0.6 is 0 Å². The van der Waals surface area contributed by atoms with Crippen LogP contribution in [0.1, 0.15) is 50.5 Å². The highest BCUT2D eigenvalue weighted by atomic mass is 19.1. The van der Waals surface area contributed by atoms with Crippen molar-refractivity contribution in [2.75, 3.05) is 13.2 Å². The number of benzene rings is 1. The monoisotopic (exact) mass is 338 g/mol. The van der Waals surface area contributed by atoms with E-state index in [2.05, 4.69) is 13.5 Å². The van der Waals surface area contributed by atoms with Gasteiger partial charge in [0.15, 0.2) is 17.4 Å². The SMILES string of the molecule is C=CC(=O)OCCCOc1c(F)cc(C2CCC(C)CC2)cc1F. The Labute approximate surface area is 141 Å². The Kier molecular flexibility index (Phi) is 6.76. The van der Waals surface area contributed by atoms with Gasteiger partial charge in [-0.15, -0.1) is 0 Å². The summed E-state index contributed by atoms with van der Waals surface area (Å²) in [6, 6.07) is 2.77. The molecule has 0 aliphatic heterocycles. The quantitative estimate of drug-likeness (QED) is 0.409. The van der Waals surface area contributed by atoms with E-state index in [1.54, 1.807) is 0 Å². The summed E-state index contributed by atoms with van der Waals surface area (Å²) in [5.74, 6) is -1.33. The van der Waals surface area contributed by atoms with E-state index < -0.39 is 17.6 Å². The average Bonchev–Trinajstić information content (AvgIpc) is 2.56. The van der Waals surface area contributed by atoms with Gasteiger partial charge in [-0.25, -0.2) is 13.6 Å². The summed E-state index contributed by atoms with van der Waals surface area (Å²) in [5.41, 5.74) is 0.712. The van der Waals surface area contributed by atoms with Gasteiger partial charge in [0.25, 0.3) is 0 Å². The van der Waals surface area contributed by atoms with Crippen molar-refractivity contribution in [1.82, 2.24) is 0 Å². The molecule has 1 aliphatic carbocycles. The summed E-state index contributed by atoms with van der Waals surface area (Å²) in [4.78, 5) is 10.9. The first kappa shape index (κ1) is 18.4. The van der Waals surface area contributed by atoms with E-state index >= 15 is 0 Å². The van der Waals surface area contributed by atoms with Crippen molar-refractivity contribution >= 4 is 5.97 Å². The topological polar surface area (TPSA) is 35.5 Å². The van der Waals surface area contributed by atoms with E-state index in [-0.39, 0.29) is 24.9 Å². The molecule has 0 radical (unpaired) electrons. The normalized spacial score (nSPS) is 20.5. The van der Waals surface area contributed by atoms with Crippen LogP contribution in [0, 0.1) is 17.6 Å². The molecule has 0 aromatic heterocycles. The second-order valence-corrected chi connectivity index (χ2v) is 6.34. The summed E-state index contributed by atoms with van der Waals surface area (Å²) in [5, 5.41) is 0. The number of halogens is 2. The van der Waals surface area contributed by atoms with Gasteiger partial charge < -0.3 is 9.47 Å². The lowest BCUT2D eigenvalue weighted by Gasteiger charge is -2.26. The Hall–Kier alpha value is -1.91. The number of carbonyl (C=O) groups is 1. The Balaban J connectivity index is 1.90. The minimum absolute atomic E-state index is 0.0680. The van der Waals surface area contributed by atoms with E-state index in [9.17, 15) is 13.6 Å². The molecule has 3 nitrogen and oxygen atoms in total. The predicted molar refractivity (Wildman–Crippen MR) is 88.0 cm³/mol. The number of hydrogen-bond acceptors (Lipinski definition) is 3. The molecule has 1 saturated carbocycles. The van der Waals surface area contributed by atoms with Gasteiger partial charge in [-0.2, -0.15) is 0 Å². The van der Waals surface area contributed by atoms with Gasteiger partial charge in [0, 0.05) is 12.5 Å². The summed E-state index contributed by atoms with van der Waals surface area (Å²) in [7, 11) is 0. The molecule has 0 heterocycles. The van der Waals surface area contributed by atoms with Gasteiger partial charge in [0.1, 0.15) is 0 Å². The molecule has 24 heavy (non-hydrogen) atoms. The molecule has 0 amide bonds. The molecule has 0 saturated heterocycles. The van der Waals surface area contributed by atoms with Crippen molar-refractivity contribution in [3.8, 4) is 5.75 Å². The van der Waals surface area contributed by atoms with E-state index in [4.69, 9.17) is 9.47 Å². The van der Waals surface area contributed by atoms with E-state index in [0.29, 0.717) is 17.9 Å². The van der Waals surface area contributed by atoms with Crippen LogP contribution in [0.25, 0.3) is 0 Å². The molecule has 1 fully saturated rings. The lowest BCUT2D eigenvalue weighted by molar-refractivity contribution is -0.137. The highest BCUT2D eigenvalue weighted by Crippen LogP contribution is 2.37. The van der Waals surface area contributed by atoms with Crippen LogP contribution in [0.5, 0.6) is 5.75 Å². The highest BCUT2D eigenvalue weighted by molar-refractivity contribution is 5.81.